The van der Waals surface area contributed by atoms with E-state index < -0.39 is 9.84 Å². The Morgan fingerprint density at radius 2 is 2.00 bits per heavy atom. The van der Waals surface area contributed by atoms with Crippen molar-refractivity contribution in [3.63, 3.8) is 0 Å². The number of nitrogens with one attached hydrogen (secondary N) is 1. The molecule has 1 aromatic carbocycles. The molecule has 0 aliphatic carbocycles. The molecule has 28 heavy (non-hydrogen) atoms. The molecule has 0 radical (unpaired) electrons. The third kappa shape index (κ3) is 4.73. The van der Waals surface area contributed by atoms with Gasteiger partial charge in [-0.3, -0.25) is 9.48 Å². The number of carbonyl (C=O) groups excluding carboxylic acids is 1. The maximum absolute atomic E-state index is 12.4. The van der Waals surface area contributed by atoms with Crippen molar-refractivity contribution in [3.8, 4) is 5.75 Å². The third-order valence-electron chi connectivity index (χ3n) is 5.17. The second-order valence-electron chi connectivity index (χ2n) is 7.30. The van der Waals surface area contributed by atoms with Gasteiger partial charge in [0.15, 0.2) is 9.84 Å². The minimum absolute atomic E-state index is 0.0571. The summed E-state index contributed by atoms with van der Waals surface area (Å²) in [5.74, 6) is 1.07. The number of aryl methyl sites for hydroxylation is 2. The van der Waals surface area contributed by atoms with Gasteiger partial charge in [-0.15, -0.1) is 0 Å². The number of carbonyl (C=O) groups is 1. The summed E-state index contributed by atoms with van der Waals surface area (Å²) in [6.45, 7) is 3.71. The number of methoxy groups -OCH3 is 1. The Morgan fingerprint density at radius 1 is 1.29 bits per heavy atom. The van der Waals surface area contributed by atoms with Crippen LogP contribution >= 0.6 is 0 Å². The Balaban J connectivity index is 1.56. The minimum Gasteiger partial charge on any atom is -0.497 e. The summed E-state index contributed by atoms with van der Waals surface area (Å²) in [5.41, 5.74) is 3.38. The van der Waals surface area contributed by atoms with Crippen LogP contribution in [0.4, 0.5) is 5.69 Å². The molecule has 2 aromatic rings. The molecule has 1 saturated heterocycles. The van der Waals surface area contributed by atoms with Gasteiger partial charge in [-0.2, -0.15) is 5.10 Å². The van der Waals surface area contributed by atoms with Crippen molar-refractivity contribution in [3.05, 3.63) is 41.2 Å². The van der Waals surface area contributed by atoms with Gasteiger partial charge in [0, 0.05) is 6.42 Å². The Hall–Kier alpha value is -2.35. The lowest BCUT2D eigenvalue weighted by molar-refractivity contribution is -0.116. The Kier molecular flexibility index (Phi) is 6.07. The topological polar surface area (TPSA) is 90.3 Å². The lowest BCUT2D eigenvalue weighted by Crippen LogP contribution is -2.15. The maximum atomic E-state index is 12.4. The predicted molar refractivity (Wildman–Crippen MR) is 109 cm³/mol. The van der Waals surface area contributed by atoms with Gasteiger partial charge in [0.25, 0.3) is 0 Å². The van der Waals surface area contributed by atoms with Crippen molar-refractivity contribution in [2.45, 2.75) is 45.6 Å². The average Bonchev–Trinajstić information content (AvgIpc) is 3.15. The van der Waals surface area contributed by atoms with Gasteiger partial charge in [-0.25, -0.2) is 8.42 Å². The fourth-order valence-corrected chi connectivity index (χ4v) is 5.31. The van der Waals surface area contributed by atoms with Crippen LogP contribution in [0.2, 0.25) is 0 Å². The molecule has 8 heteroatoms. The van der Waals surface area contributed by atoms with E-state index in [1.54, 1.807) is 11.8 Å². The molecule has 1 aliphatic rings. The Morgan fingerprint density at radius 3 is 2.61 bits per heavy atom. The molecule has 1 aliphatic heterocycles. The number of hydrogen-bond donors (Lipinski definition) is 1. The van der Waals surface area contributed by atoms with Crippen LogP contribution in [0.3, 0.4) is 0 Å². The SMILES string of the molecule is COc1ccc(CCCC(=O)Nc2c(C)nn(C3CCS(=O)(=O)C3)c2C)cc1. The molecular formula is C20H27N3O4S. The van der Waals surface area contributed by atoms with E-state index in [1.165, 1.54) is 0 Å². The Labute approximate surface area is 166 Å². The second-order valence-corrected chi connectivity index (χ2v) is 9.53. The van der Waals surface area contributed by atoms with Crippen LogP contribution in [0.25, 0.3) is 0 Å². The van der Waals surface area contributed by atoms with Crippen molar-refractivity contribution < 1.29 is 17.9 Å². The minimum atomic E-state index is -2.99. The van der Waals surface area contributed by atoms with Crippen LogP contribution in [-0.2, 0) is 21.1 Å². The number of aromatic nitrogens is 2. The van der Waals surface area contributed by atoms with Crippen LogP contribution in [0.5, 0.6) is 5.75 Å². The van der Waals surface area contributed by atoms with E-state index in [-0.39, 0.29) is 23.5 Å². The molecule has 0 bridgehead atoms. The van der Waals surface area contributed by atoms with Crippen LogP contribution in [0.15, 0.2) is 24.3 Å². The first-order chi connectivity index (χ1) is 13.3. The zero-order valence-electron chi connectivity index (χ0n) is 16.6. The van der Waals surface area contributed by atoms with Crippen LogP contribution in [0.1, 0.15) is 42.3 Å². The number of hydrogen-bond acceptors (Lipinski definition) is 5. The van der Waals surface area contributed by atoms with Gasteiger partial charge in [-0.1, -0.05) is 12.1 Å². The normalized spacial score (nSPS) is 18.2. The van der Waals surface area contributed by atoms with Crippen molar-refractivity contribution in [1.29, 1.82) is 0 Å². The maximum Gasteiger partial charge on any atom is 0.224 e. The first-order valence-electron chi connectivity index (χ1n) is 9.48. The van der Waals surface area contributed by atoms with Crippen LogP contribution in [0, 0.1) is 13.8 Å². The van der Waals surface area contributed by atoms with E-state index in [0.29, 0.717) is 24.2 Å². The highest BCUT2D eigenvalue weighted by Crippen LogP contribution is 2.29. The summed E-state index contributed by atoms with van der Waals surface area (Å²) in [7, 11) is -1.35. The highest BCUT2D eigenvalue weighted by atomic mass is 32.2. The van der Waals surface area contributed by atoms with E-state index in [0.717, 1.165) is 29.8 Å². The van der Waals surface area contributed by atoms with Crippen molar-refractivity contribution in [2.24, 2.45) is 0 Å². The molecule has 152 valence electrons. The molecule has 1 atom stereocenters. The molecule has 1 aromatic heterocycles. The highest BCUT2D eigenvalue weighted by molar-refractivity contribution is 7.91. The number of benzene rings is 1. The summed E-state index contributed by atoms with van der Waals surface area (Å²) >= 11 is 0. The first-order valence-corrected chi connectivity index (χ1v) is 11.3. The molecule has 1 fully saturated rings. The smallest absolute Gasteiger partial charge is 0.224 e. The number of amides is 1. The summed E-state index contributed by atoms with van der Waals surface area (Å²) < 4.78 is 30.4. The molecular weight excluding hydrogens is 378 g/mol. The lowest BCUT2D eigenvalue weighted by Gasteiger charge is -2.11. The Bertz CT molecular complexity index is 949. The number of nitrogens with zero attached hydrogens (tertiary/aromatic N) is 2. The lowest BCUT2D eigenvalue weighted by atomic mass is 10.1. The van der Waals surface area contributed by atoms with Gasteiger partial charge < -0.3 is 10.1 Å². The van der Waals surface area contributed by atoms with Gasteiger partial charge in [0.2, 0.25) is 5.91 Å². The summed E-state index contributed by atoms with van der Waals surface area (Å²) in [5, 5.41) is 7.44. The predicted octanol–water partition coefficient (Wildman–Crippen LogP) is 2.83. The molecule has 0 spiro atoms. The van der Waals surface area contributed by atoms with E-state index in [1.807, 2.05) is 38.1 Å². The molecule has 3 rings (SSSR count). The fraction of sp³-hybridized carbons (Fsp3) is 0.500. The zero-order chi connectivity index (χ0) is 20.3. The summed E-state index contributed by atoms with van der Waals surface area (Å²) in [4.78, 5) is 12.4. The highest BCUT2D eigenvalue weighted by Gasteiger charge is 2.31. The van der Waals surface area contributed by atoms with Gasteiger partial charge in [0.05, 0.1) is 41.7 Å². The largest absolute Gasteiger partial charge is 0.497 e. The molecule has 1 unspecified atom stereocenters. The first kappa shape index (κ1) is 20.4. The fourth-order valence-electron chi connectivity index (χ4n) is 3.61. The van der Waals surface area contributed by atoms with E-state index in [4.69, 9.17) is 4.74 Å². The summed E-state index contributed by atoms with van der Waals surface area (Å²) in [6, 6.07) is 7.69. The van der Waals surface area contributed by atoms with Crippen molar-refractivity contribution >= 4 is 21.4 Å². The average molecular weight is 406 g/mol. The molecule has 0 saturated carbocycles. The van der Waals surface area contributed by atoms with Crippen molar-refractivity contribution in [2.75, 3.05) is 23.9 Å². The van der Waals surface area contributed by atoms with E-state index in [2.05, 4.69) is 10.4 Å². The second kappa shape index (κ2) is 8.34. The van der Waals surface area contributed by atoms with E-state index in [9.17, 15) is 13.2 Å². The van der Waals surface area contributed by atoms with Gasteiger partial charge in [0.1, 0.15) is 5.75 Å². The van der Waals surface area contributed by atoms with Crippen LogP contribution < -0.4 is 10.1 Å². The zero-order valence-corrected chi connectivity index (χ0v) is 17.4. The monoisotopic (exact) mass is 405 g/mol. The number of sulfone groups is 1. The third-order valence-corrected chi connectivity index (χ3v) is 6.92. The molecule has 2 heterocycles. The van der Waals surface area contributed by atoms with Crippen LogP contribution in [-0.4, -0.2) is 42.7 Å². The quantitative estimate of drug-likeness (QED) is 0.765. The van der Waals surface area contributed by atoms with Gasteiger partial charge >= 0.3 is 0 Å². The van der Waals surface area contributed by atoms with E-state index >= 15 is 0 Å². The standard InChI is InChI=1S/C20H27N3O4S/c1-14-20(15(2)23(22-14)17-11-12-28(25,26)13-17)21-19(24)6-4-5-16-7-9-18(27-3)10-8-16/h7-10,17H,4-6,11-13H2,1-3H3,(H,21,24). The number of ether oxygens (including phenoxy) is 1. The molecule has 7 nitrogen and oxygen atoms in total. The molecule has 1 amide bonds. The summed E-state index contributed by atoms with van der Waals surface area (Å²) in [6.07, 6.45) is 2.53. The van der Waals surface area contributed by atoms with Crippen molar-refractivity contribution in [1.82, 2.24) is 9.78 Å². The number of rotatable bonds is 7. The number of anilines is 1. The van der Waals surface area contributed by atoms with Gasteiger partial charge in [-0.05, 0) is 50.8 Å². The molecule has 1 N–H and O–H groups in total.